The summed E-state index contributed by atoms with van der Waals surface area (Å²) in [6.07, 6.45) is 4.71. The van der Waals surface area contributed by atoms with Crippen LogP contribution in [0.4, 0.5) is 0 Å². The normalized spacial score (nSPS) is 12.9. The summed E-state index contributed by atoms with van der Waals surface area (Å²) >= 11 is 0. The zero-order valence-corrected chi connectivity index (χ0v) is 9.92. The van der Waals surface area contributed by atoms with Crippen LogP contribution in [0.25, 0.3) is 6.08 Å². The number of hydrogen-bond acceptors (Lipinski definition) is 4. The van der Waals surface area contributed by atoms with Crippen molar-refractivity contribution < 1.29 is 13.3 Å². The van der Waals surface area contributed by atoms with Crippen LogP contribution in [0, 0.1) is 10.1 Å². The SMILES string of the molecule is CS(=O)(=O)/C(=C\C=C\c1ccccc1)[N+](=O)[O-]. The molecule has 1 aromatic rings. The molecule has 0 fully saturated rings. The summed E-state index contributed by atoms with van der Waals surface area (Å²) in [4.78, 5) is 9.60. The first-order chi connectivity index (χ1) is 7.91. The molecule has 0 saturated heterocycles. The lowest BCUT2D eigenvalue weighted by Gasteiger charge is -1.93. The molecule has 0 aliphatic carbocycles. The Morgan fingerprint density at radius 2 is 1.88 bits per heavy atom. The number of nitrogens with zero attached hydrogens (tertiary/aromatic N) is 1. The molecule has 0 aromatic heterocycles. The van der Waals surface area contributed by atoms with Crippen molar-refractivity contribution in [2.75, 3.05) is 6.26 Å². The largest absolute Gasteiger partial charge is 0.358 e. The van der Waals surface area contributed by atoms with Crippen LogP contribution in [-0.2, 0) is 9.84 Å². The summed E-state index contributed by atoms with van der Waals surface area (Å²) in [5, 5.41) is 9.70. The third kappa shape index (κ3) is 4.20. The van der Waals surface area contributed by atoms with Gasteiger partial charge in [-0.3, -0.25) is 10.1 Å². The van der Waals surface area contributed by atoms with Crippen molar-refractivity contribution in [3.63, 3.8) is 0 Å². The summed E-state index contributed by atoms with van der Waals surface area (Å²) in [6, 6.07) is 9.07. The van der Waals surface area contributed by atoms with Crippen LogP contribution >= 0.6 is 0 Å². The Bertz CT molecular complexity index is 558. The molecule has 0 saturated carbocycles. The van der Waals surface area contributed by atoms with E-state index < -0.39 is 19.8 Å². The van der Waals surface area contributed by atoms with Gasteiger partial charge in [0.1, 0.15) is 0 Å². The van der Waals surface area contributed by atoms with Gasteiger partial charge in [-0.05, 0) is 5.56 Å². The minimum Gasteiger partial charge on any atom is -0.258 e. The van der Waals surface area contributed by atoms with Gasteiger partial charge in [-0.15, -0.1) is 0 Å². The van der Waals surface area contributed by atoms with E-state index in [-0.39, 0.29) is 0 Å². The van der Waals surface area contributed by atoms with Crippen LogP contribution in [0.5, 0.6) is 0 Å². The molecular formula is C11H11NO4S. The third-order valence-electron chi connectivity index (χ3n) is 1.89. The lowest BCUT2D eigenvalue weighted by molar-refractivity contribution is -0.411. The van der Waals surface area contributed by atoms with Gasteiger partial charge in [0.05, 0.1) is 4.92 Å². The van der Waals surface area contributed by atoms with Gasteiger partial charge >= 0.3 is 5.03 Å². The van der Waals surface area contributed by atoms with Crippen molar-refractivity contribution in [2.24, 2.45) is 0 Å². The average Bonchev–Trinajstić information content (AvgIpc) is 2.23. The van der Waals surface area contributed by atoms with Crippen molar-refractivity contribution in [1.82, 2.24) is 0 Å². The molecule has 90 valence electrons. The number of nitro groups is 1. The molecule has 0 N–H and O–H groups in total. The molecule has 0 unspecified atom stereocenters. The van der Waals surface area contributed by atoms with E-state index in [1.807, 2.05) is 18.2 Å². The molecule has 1 rings (SSSR count). The van der Waals surface area contributed by atoms with Gasteiger partial charge in [0, 0.05) is 12.3 Å². The maximum atomic E-state index is 11.1. The molecule has 6 heteroatoms. The van der Waals surface area contributed by atoms with Gasteiger partial charge in [-0.2, -0.15) is 0 Å². The summed E-state index contributed by atoms with van der Waals surface area (Å²) in [6.45, 7) is 0. The fourth-order valence-corrected chi connectivity index (χ4v) is 1.72. The molecule has 0 aliphatic heterocycles. The second-order valence-electron chi connectivity index (χ2n) is 3.30. The van der Waals surface area contributed by atoms with E-state index in [9.17, 15) is 18.5 Å². The van der Waals surface area contributed by atoms with E-state index in [1.54, 1.807) is 18.2 Å². The standard InChI is InChI=1S/C11H11NO4S/c1-17(15,16)11(12(13)14)9-5-8-10-6-3-2-4-7-10/h2-9H,1H3/b8-5+,11-9-. The lowest BCUT2D eigenvalue weighted by Crippen LogP contribution is -2.09. The lowest BCUT2D eigenvalue weighted by atomic mass is 10.2. The number of benzene rings is 1. The molecular weight excluding hydrogens is 242 g/mol. The summed E-state index contributed by atoms with van der Waals surface area (Å²) in [5.41, 5.74) is 0.833. The highest BCUT2D eigenvalue weighted by molar-refractivity contribution is 7.94. The summed E-state index contributed by atoms with van der Waals surface area (Å²) in [7, 11) is -3.81. The Morgan fingerprint density at radius 1 is 1.29 bits per heavy atom. The predicted molar refractivity (Wildman–Crippen MR) is 65.4 cm³/mol. The van der Waals surface area contributed by atoms with E-state index >= 15 is 0 Å². The number of rotatable bonds is 4. The number of hydrogen-bond donors (Lipinski definition) is 0. The van der Waals surface area contributed by atoms with E-state index in [4.69, 9.17) is 0 Å². The van der Waals surface area contributed by atoms with Crippen LogP contribution < -0.4 is 0 Å². The average molecular weight is 253 g/mol. The number of sulfone groups is 1. The van der Waals surface area contributed by atoms with E-state index in [2.05, 4.69) is 0 Å². The quantitative estimate of drug-likeness (QED) is 0.466. The van der Waals surface area contributed by atoms with E-state index in [1.165, 1.54) is 6.08 Å². The van der Waals surface area contributed by atoms with Gasteiger partial charge in [0.2, 0.25) is 9.84 Å². The van der Waals surface area contributed by atoms with Crippen LogP contribution in [-0.4, -0.2) is 19.6 Å². The minimum absolute atomic E-state index is 0.804. The zero-order valence-electron chi connectivity index (χ0n) is 9.11. The Hall–Kier alpha value is -1.95. The van der Waals surface area contributed by atoms with Crippen molar-refractivity contribution >= 4 is 15.9 Å². The minimum atomic E-state index is -3.81. The van der Waals surface area contributed by atoms with Gasteiger partial charge in [-0.25, -0.2) is 8.42 Å². The van der Waals surface area contributed by atoms with Gasteiger partial charge < -0.3 is 0 Å². The maximum absolute atomic E-state index is 11.1. The Balaban J connectivity index is 2.96. The molecule has 0 amide bonds. The Labute approximate surface area is 99.2 Å². The van der Waals surface area contributed by atoms with Crippen LogP contribution in [0.15, 0.2) is 47.5 Å². The highest BCUT2D eigenvalue weighted by Gasteiger charge is 2.22. The molecule has 5 nitrogen and oxygen atoms in total. The topological polar surface area (TPSA) is 77.3 Å². The predicted octanol–water partition coefficient (Wildman–Crippen LogP) is 1.86. The highest BCUT2D eigenvalue weighted by atomic mass is 32.2. The van der Waals surface area contributed by atoms with Crippen LogP contribution in [0.3, 0.4) is 0 Å². The Kier molecular flexibility index (Phi) is 4.17. The number of allylic oxidation sites excluding steroid dienone is 2. The molecule has 0 aliphatic rings. The second-order valence-corrected chi connectivity index (χ2v) is 5.27. The molecule has 0 bridgehead atoms. The third-order valence-corrected chi connectivity index (χ3v) is 2.93. The van der Waals surface area contributed by atoms with Crippen molar-refractivity contribution in [3.05, 3.63) is 63.2 Å². The van der Waals surface area contributed by atoms with Gasteiger partial charge in [-0.1, -0.05) is 42.5 Å². The van der Waals surface area contributed by atoms with E-state index in [0.29, 0.717) is 0 Å². The first kappa shape index (κ1) is 13.1. The molecule has 0 atom stereocenters. The molecule has 0 radical (unpaired) electrons. The van der Waals surface area contributed by atoms with E-state index in [0.717, 1.165) is 17.9 Å². The first-order valence-corrected chi connectivity index (χ1v) is 6.58. The second kappa shape index (κ2) is 5.40. The molecule has 1 aromatic carbocycles. The van der Waals surface area contributed by atoms with Crippen LogP contribution in [0.1, 0.15) is 5.56 Å². The Morgan fingerprint density at radius 3 is 2.35 bits per heavy atom. The maximum Gasteiger partial charge on any atom is 0.358 e. The van der Waals surface area contributed by atoms with Crippen LogP contribution in [0.2, 0.25) is 0 Å². The van der Waals surface area contributed by atoms with Crippen molar-refractivity contribution in [2.45, 2.75) is 0 Å². The van der Waals surface area contributed by atoms with Gasteiger partial charge in [0.15, 0.2) is 0 Å². The fraction of sp³-hybridized carbons (Fsp3) is 0.0909. The fourth-order valence-electron chi connectivity index (χ4n) is 1.13. The highest BCUT2D eigenvalue weighted by Crippen LogP contribution is 2.07. The molecule has 0 spiro atoms. The monoisotopic (exact) mass is 253 g/mol. The summed E-state index contributed by atoms with van der Waals surface area (Å²) in [5.74, 6) is 0. The van der Waals surface area contributed by atoms with Crippen molar-refractivity contribution in [3.8, 4) is 0 Å². The smallest absolute Gasteiger partial charge is 0.258 e. The van der Waals surface area contributed by atoms with Crippen molar-refractivity contribution in [1.29, 1.82) is 0 Å². The summed E-state index contributed by atoms with van der Waals surface area (Å²) < 4.78 is 22.1. The zero-order chi connectivity index (χ0) is 12.9. The molecule has 17 heavy (non-hydrogen) atoms. The molecule has 0 heterocycles. The first-order valence-electron chi connectivity index (χ1n) is 4.69. The van der Waals surface area contributed by atoms with Gasteiger partial charge in [0.25, 0.3) is 0 Å².